The first-order chi connectivity index (χ1) is 0. The summed E-state index contributed by atoms with van der Waals surface area (Å²) in [5.41, 5.74) is 0. The van der Waals surface area contributed by atoms with Crippen molar-refractivity contribution < 1.29 is 22.4 Å². The molecule has 0 aliphatic heterocycles. The molecular formula is H9AgPbSbSeSn. The van der Waals surface area contributed by atoms with Crippen molar-refractivity contribution in [2.24, 2.45) is 0 Å². The Morgan fingerprint density at radius 2 is 1.00 bits per heavy atom. The van der Waals surface area contributed by atoms with Crippen molar-refractivity contribution in [3.8, 4) is 0 Å². The second kappa shape index (κ2) is 25.0. The van der Waals surface area contributed by atoms with E-state index in [9.17, 15) is 0 Å². The van der Waals surface area contributed by atoms with Gasteiger partial charge >= 0.3 is 92.7 Å². The summed E-state index contributed by atoms with van der Waals surface area (Å²) in [6.07, 6.45) is 0. The molecule has 5 radical (unpaired) electrons. The van der Waals surface area contributed by atoms with E-state index in [-0.39, 0.29) is 115 Å². The topological polar surface area (TPSA) is 0 Å². The molecule has 0 aromatic heterocycles. The van der Waals surface area contributed by atoms with E-state index in [1.165, 1.54) is 0 Å². The summed E-state index contributed by atoms with van der Waals surface area (Å²) in [5, 5.41) is 0. The van der Waals surface area contributed by atoms with Gasteiger partial charge in [0.05, 0.1) is 0 Å². The second-order valence-corrected chi connectivity index (χ2v) is 0. The van der Waals surface area contributed by atoms with E-state index in [1.807, 2.05) is 0 Å². The summed E-state index contributed by atoms with van der Waals surface area (Å²) in [7, 11) is 0. The predicted molar refractivity (Wildman–Crippen MR) is 35.6 cm³/mol. The first kappa shape index (κ1) is 37.1. The van der Waals surface area contributed by atoms with Gasteiger partial charge in [0, 0.05) is 22.4 Å². The van der Waals surface area contributed by atoms with Gasteiger partial charge in [-0.25, -0.2) is 0 Å². The van der Waals surface area contributed by atoms with Crippen LogP contribution in [0.4, 0.5) is 0 Å². The number of rotatable bonds is 0. The molecule has 0 aliphatic rings. The molecule has 0 atom stereocenters. The van der Waals surface area contributed by atoms with E-state index < -0.39 is 0 Å². The van der Waals surface area contributed by atoms with Crippen LogP contribution in [0.25, 0.3) is 0 Å². The number of hydrogen-bond acceptors (Lipinski definition) is 0. The van der Waals surface area contributed by atoms with Gasteiger partial charge in [-0.3, -0.25) is 0 Å². The van der Waals surface area contributed by atoms with Crippen LogP contribution >= 0.6 is 0 Å². The maximum absolute atomic E-state index is 0. The van der Waals surface area contributed by atoms with Crippen molar-refractivity contribution in [3.05, 3.63) is 0 Å². The van der Waals surface area contributed by atoms with Gasteiger partial charge in [0.1, 0.15) is 0 Å². The Balaban J connectivity index is 0. The quantitative estimate of drug-likeness (QED) is 0.237. The molecule has 0 spiro atoms. The molecule has 0 aromatic carbocycles. The Kier molecular flexibility index (Phi) is 185. The summed E-state index contributed by atoms with van der Waals surface area (Å²) in [6.45, 7) is 0. The molecule has 5 heteroatoms. The van der Waals surface area contributed by atoms with E-state index in [4.69, 9.17) is 0 Å². The summed E-state index contributed by atoms with van der Waals surface area (Å²) in [6, 6.07) is 0. The summed E-state index contributed by atoms with van der Waals surface area (Å²) in [5.74, 6) is 0. The Bertz CT molecular complexity index is 11.6. The first-order valence-electron chi connectivity index (χ1n) is 0. The molecule has 0 bridgehead atoms. The molecule has 0 unspecified atom stereocenters. The molecule has 0 fully saturated rings. The predicted octanol–water partition coefficient (Wildman–Crippen LogP) is -3.94. The molecule has 0 heterocycles. The van der Waals surface area contributed by atoms with E-state index in [2.05, 4.69) is 0 Å². The minimum absolute atomic E-state index is 0. The monoisotopic (exact) mass is 645 g/mol. The van der Waals surface area contributed by atoms with E-state index in [0.29, 0.717) is 0 Å². The average Bonchev–Trinajstić information content (AvgIpc) is 0. The van der Waals surface area contributed by atoms with E-state index in [1.54, 1.807) is 0 Å². The summed E-state index contributed by atoms with van der Waals surface area (Å²) >= 11 is 0. The van der Waals surface area contributed by atoms with Crippen molar-refractivity contribution in [1.82, 2.24) is 0 Å². The standard InChI is InChI=1S/Ag.Pb.Sb.H2Se.Sn.7H/h;;;1H2;;;;;;;;. The van der Waals surface area contributed by atoms with Crippen LogP contribution in [0.3, 0.4) is 0 Å². The molecule has 0 aliphatic carbocycles. The SMILES string of the molecule is [Ag].[PbH2].[SbH3].[SeH2].[SnH2]. The van der Waals surface area contributed by atoms with Crippen LogP contribution in [0.1, 0.15) is 0 Å². The Morgan fingerprint density at radius 3 is 1.00 bits per heavy atom. The second-order valence-electron chi connectivity index (χ2n) is 0. The molecule has 0 N–H and O–H groups in total. The van der Waals surface area contributed by atoms with Crippen LogP contribution < -0.4 is 0 Å². The van der Waals surface area contributed by atoms with Crippen molar-refractivity contribution in [3.63, 3.8) is 0 Å². The average molecular weight is 644 g/mol. The van der Waals surface area contributed by atoms with Gasteiger partial charge in [0.25, 0.3) is 0 Å². The third-order valence-electron chi connectivity index (χ3n) is 0. The normalized spacial score (nSPS) is 0. The molecule has 0 saturated carbocycles. The Morgan fingerprint density at radius 1 is 1.00 bits per heavy atom. The maximum atomic E-state index is 0. The third-order valence-corrected chi connectivity index (χ3v) is 0. The minimum atomic E-state index is 0. The molecule has 0 rings (SSSR count). The van der Waals surface area contributed by atoms with Crippen LogP contribution in [0.5, 0.6) is 0 Å². The molecule has 5 heavy (non-hydrogen) atoms. The van der Waals surface area contributed by atoms with Crippen LogP contribution in [-0.2, 0) is 22.4 Å². The van der Waals surface area contributed by atoms with Gasteiger partial charge in [-0.1, -0.05) is 0 Å². The zero-order chi connectivity index (χ0) is 0. The molecular weight excluding hydrogens is 634 g/mol. The van der Waals surface area contributed by atoms with Gasteiger partial charge in [-0.15, -0.1) is 0 Å². The fourth-order valence-corrected chi connectivity index (χ4v) is 0. The molecule has 39 valence electrons. The van der Waals surface area contributed by atoms with Crippen LogP contribution in [0.2, 0.25) is 0 Å². The van der Waals surface area contributed by atoms with Crippen molar-refractivity contribution in [2.45, 2.75) is 0 Å². The molecule has 0 aromatic rings. The zero-order valence-electron chi connectivity index (χ0n) is 2.92. The van der Waals surface area contributed by atoms with E-state index in [0.717, 1.165) is 0 Å². The Hall–Kier alpha value is 3.80. The van der Waals surface area contributed by atoms with Gasteiger partial charge < -0.3 is 0 Å². The fraction of sp³-hybridized carbons (Fsp3) is 0. The first-order valence-corrected chi connectivity index (χ1v) is 0. The van der Waals surface area contributed by atoms with Gasteiger partial charge in [-0.05, 0) is 0 Å². The van der Waals surface area contributed by atoms with Crippen LogP contribution in [0.15, 0.2) is 0 Å². The molecule has 0 saturated heterocycles. The van der Waals surface area contributed by atoms with E-state index >= 15 is 0 Å². The van der Waals surface area contributed by atoms with Crippen molar-refractivity contribution >= 4 is 92.7 Å². The molecule has 0 amide bonds. The van der Waals surface area contributed by atoms with Gasteiger partial charge in [0.15, 0.2) is 0 Å². The fourth-order valence-electron chi connectivity index (χ4n) is 0. The van der Waals surface area contributed by atoms with Crippen molar-refractivity contribution in [1.29, 1.82) is 0 Å². The summed E-state index contributed by atoms with van der Waals surface area (Å²) < 4.78 is 0. The third kappa shape index (κ3) is 18.2. The summed E-state index contributed by atoms with van der Waals surface area (Å²) in [4.78, 5) is 0. The number of hydrogen-bond donors (Lipinski definition) is 0. The van der Waals surface area contributed by atoms with Gasteiger partial charge in [-0.2, -0.15) is 0 Å². The van der Waals surface area contributed by atoms with Crippen LogP contribution in [-0.4, -0.2) is 92.7 Å². The zero-order valence-corrected chi connectivity index (χ0v) is 20.1. The van der Waals surface area contributed by atoms with Crippen LogP contribution in [0, 0.1) is 0 Å². The molecule has 0 nitrogen and oxygen atoms in total. The van der Waals surface area contributed by atoms with Crippen molar-refractivity contribution in [2.75, 3.05) is 0 Å². The van der Waals surface area contributed by atoms with Gasteiger partial charge in [0.2, 0.25) is 0 Å². The Labute approximate surface area is 113 Å².